The number of halogens is 2. The Kier molecular flexibility index (Phi) is 4.15. The zero-order valence-electron chi connectivity index (χ0n) is 9.53. The van der Waals surface area contributed by atoms with Crippen molar-refractivity contribution in [3.05, 3.63) is 35.6 Å². The highest BCUT2D eigenvalue weighted by Crippen LogP contribution is 2.17. The number of nitrogens with zero attached hydrogens (tertiary/aromatic N) is 1. The Balaban J connectivity index is 1.94. The van der Waals surface area contributed by atoms with E-state index in [9.17, 15) is 9.18 Å². The van der Waals surface area contributed by atoms with Crippen LogP contribution in [0.25, 0.3) is 0 Å². The van der Waals surface area contributed by atoms with Crippen LogP contribution in [-0.4, -0.2) is 28.7 Å². The van der Waals surface area contributed by atoms with Gasteiger partial charge in [-0.25, -0.2) is 4.39 Å². The number of carbonyl (C=O) groups is 1. The predicted octanol–water partition coefficient (Wildman–Crippen LogP) is 2.75. The van der Waals surface area contributed by atoms with E-state index in [1.807, 2.05) is 4.90 Å². The van der Waals surface area contributed by atoms with E-state index in [-0.39, 0.29) is 11.7 Å². The molecule has 2 nitrogen and oxygen atoms in total. The summed E-state index contributed by atoms with van der Waals surface area (Å²) in [5.74, 6) is -0.138. The summed E-state index contributed by atoms with van der Waals surface area (Å²) in [5, 5.41) is 0. The summed E-state index contributed by atoms with van der Waals surface area (Å²) in [4.78, 5) is 14.3. The van der Waals surface area contributed by atoms with Gasteiger partial charge in [-0.15, -0.1) is 0 Å². The number of benzene rings is 1. The van der Waals surface area contributed by atoms with Gasteiger partial charge < -0.3 is 4.90 Å². The van der Waals surface area contributed by atoms with Crippen molar-refractivity contribution >= 4 is 21.8 Å². The fourth-order valence-electron chi connectivity index (χ4n) is 2.04. The van der Waals surface area contributed by atoms with Gasteiger partial charge in [-0.05, 0) is 30.5 Å². The smallest absolute Gasteiger partial charge is 0.227 e. The molecule has 17 heavy (non-hydrogen) atoms. The summed E-state index contributed by atoms with van der Waals surface area (Å²) in [6.07, 6.45) is 2.53. The lowest BCUT2D eigenvalue weighted by molar-refractivity contribution is -0.131. The Morgan fingerprint density at radius 1 is 1.41 bits per heavy atom. The van der Waals surface area contributed by atoms with Crippen LogP contribution in [0.4, 0.5) is 4.39 Å². The number of hydrogen-bond acceptors (Lipinski definition) is 1. The molecule has 4 heteroatoms. The fraction of sp³-hybridized carbons (Fsp3) is 0.462. The lowest BCUT2D eigenvalue weighted by atomic mass is 10.1. The molecule has 0 radical (unpaired) electrons. The van der Waals surface area contributed by atoms with Crippen LogP contribution >= 0.6 is 15.9 Å². The van der Waals surface area contributed by atoms with Crippen molar-refractivity contribution in [1.82, 2.24) is 4.90 Å². The van der Waals surface area contributed by atoms with E-state index >= 15 is 0 Å². The molecule has 1 aromatic carbocycles. The molecule has 0 aliphatic carbocycles. The Labute approximate surface area is 109 Å². The van der Waals surface area contributed by atoms with Crippen LogP contribution in [0.3, 0.4) is 0 Å². The number of piperidine rings is 1. The number of rotatable bonds is 2. The van der Waals surface area contributed by atoms with E-state index in [4.69, 9.17) is 0 Å². The van der Waals surface area contributed by atoms with Gasteiger partial charge in [0.25, 0.3) is 0 Å². The van der Waals surface area contributed by atoms with E-state index in [0.29, 0.717) is 11.2 Å². The highest BCUT2D eigenvalue weighted by atomic mass is 79.9. The van der Waals surface area contributed by atoms with Crippen molar-refractivity contribution in [3.8, 4) is 0 Å². The van der Waals surface area contributed by atoms with Crippen LogP contribution < -0.4 is 0 Å². The quantitative estimate of drug-likeness (QED) is 0.769. The van der Waals surface area contributed by atoms with Gasteiger partial charge in [0.1, 0.15) is 5.82 Å². The minimum atomic E-state index is -0.264. The van der Waals surface area contributed by atoms with E-state index in [2.05, 4.69) is 15.9 Å². The van der Waals surface area contributed by atoms with Crippen LogP contribution in [-0.2, 0) is 11.2 Å². The van der Waals surface area contributed by atoms with Crippen LogP contribution in [0.5, 0.6) is 0 Å². The topological polar surface area (TPSA) is 20.3 Å². The maximum Gasteiger partial charge on any atom is 0.227 e. The third kappa shape index (κ3) is 3.53. The molecule has 0 spiro atoms. The van der Waals surface area contributed by atoms with Crippen LogP contribution in [0.2, 0.25) is 0 Å². The zero-order valence-corrected chi connectivity index (χ0v) is 11.1. The Hall–Kier alpha value is -0.900. The Morgan fingerprint density at radius 3 is 2.76 bits per heavy atom. The third-order valence-corrected chi connectivity index (χ3v) is 3.73. The van der Waals surface area contributed by atoms with Gasteiger partial charge in [-0.3, -0.25) is 4.79 Å². The molecular weight excluding hydrogens is 285 g/mol. The molecule has 0 N–H and O–H groups in total. The summed E-state index contributed by atoms with van der Waals surface area (Å²) in [6, 6.07) is 6.13. The second-order valence-corrected chi connectivity index (χ2v) is 5.68. The standard InChI is InChI=1S/C13H15BrFNO/c14-11-2-1-7-16(9-11)13(17)8-10-3-5-12(15)6-4-10/h3-6,11H,1-2,7-9H2. The van der Waals surface area contributed by atoms with E-state index in [1.54, 1.807) is 12.1 Å². The molecule has 1 fully saturated rings. The summed E-state index contributed by atoms with van der Waals surface area (Å²) in [5.41, 5.74) is 0.869. The Bertz CT molecular complexity index is 393. The molecule has 1 amide bonds. The lowest BCUT2D eigenvalue weighted by Gasteiger charge is -2.30. The summed E-state index contributed by atoms with van der Waals surface area (Å²) in [7, 11) is 0. The molecule has 0 bridgehead atoms. The molecule has 1 saturated heterocycles. The molecule has 2 rings (SSSR count). The van der Waals surface area contributed by atoms with Crippen molar-refractivity contribution in [2.75, 3.05) is 13.1 Å². The maximum absolute atomic E-state index is 12.7. The number of hydrogen-bond donors (Lipinski definition) is 0. The predicted molar refractivity (Wildman–Crippen MR) is 68.6 cm³/mol. The molecule has 1 aliphatic rings. The average Bonchev–Trinajstić information content (AvgIpc) is 2.32. The zero-order chi connectivity index (χ0) is 12.3. The first-order valence-electron chi connectivity index (χ1n) is 5.81. The average molecular weight is 300 g/mol. The number of alkyl halides is 1. The Morgan fingerprint density at radius 2 is 2.12 bits per heavy atom. The van der Waals surface area contributed by atoms with Gasteiger partial charge in [-0.1, -0.05) is 28.1 Å². The molecule has 1 unspecified atom stereocenters. The summed E-state index contributed by atoms with van der Waals surface area (Å²) in [6.45, 7) is 1.61. The highest BCUT2D eigenvalue weighted by Gasteiger charge is 2.21. The molecule has 1 aromatic rings. The molecule has 0 aromatic heterocycles. The first kappa shape index (κ1) is 12.6. The number of carbonyl (C=O) groups excluding carboxylic acids is 1. The molecule has 1 heterocycles. The molecule has 92 valence electrons. The van der Waals surface area contributed by atoms with Crippen LogP contribution in [0.15, 0.2) is 24.3 Å². The largest absolute Gasteiger partial charge is 0.341 e. The van der Waals surface area contributed by atoms with Crippen LogP contribution in [0.1, 0.15) is 18.4 Å². The molecule has 1 aliphatic heterocycles. The summed E-state index contributed by atoms with van der Waals surface area (Å²) < 4.78 is 12.7. The van der Waals surface area contributed by atoms with Gasteiger partial charge >= 0.3 is 0 Å². The second kappa shape index (κ2) is 5.63. The van der Waals surface area contributed by atoms with Crippen molar-refractivity contribution in [2.45, 2.75) is 24.1 Å². The molecule has 1 atom stereocenters. The number of likely N-dealkylation sites (tertiary alicyclic amines) is 1. The van der Waals surface area contributed by atoms with E-state index in [1.165, 1.54) is 12.1 Å². The SMILES string of the molecule is O=C(Cc1ccc(F)cc1)N1CCCC(Br)C1. The van der Waals surface area contributed by atoms with Gasteiger partial charge in [0.05, 0.1) is 6.42 Å². The van der Waals surface area contributed by atoms with Gasteiger partial charge in [-0.2, -0.15) is 0 Å². The van der Waals surface area contributed by atoms with Crippen molar-refractivity contribution < 1.29 is 9.18 Å². The first-order valence-corrected chi connectivity index (χ1v) is 6.73. The minimum Gasteiger partial charge on any atom is -0.341 e. The fourth-order valence-corrected chi connectivity index (χ4v) is 2.71. The third-order valence-electron chi connectivity index (χ3n) is 2.99. The van der Waals surface area contributed by atoms with E-state index in [0.717, 1.165) is 31.5 Å². The second-order valence-electron chi connectivity index (χ2n) is 4.38. The van der Waals surface area contributed by atoms with E-state index < -0.39 is 0 Å². The molecule has 0 saturated carbocycles. The van der Waals surface area contributed by atoms with Crippen molar-refractivity contribution in [2.24, 2.45) is 0 Å². The molecular formula is C13H15BrFNO. The maximum atomic E-state index is 12.7. The normalized spacial score (nSPS) is 20.4. The first-order chi connectivity index (χ1) is 8.15. The minimum absolute atomic E-state index is 0.126. The van der Waals surface area contributed by atoms with Gasteiger partial charge in [0.2, 0.25) is 5.91 Å². The summed E-state index contributed by atoms with van der Waals surface area (Å²) >= 11 is 3.55. The van der Waals surface area contributed by atoms with Gasteiger partial charge in [0.15, 0.2) is 0 Å². The lowest BCUT2D eigenvalue weighted by Crippen LogP contribution is -2.41. The van der Waals surface area contributed by atoms with Crippen LogP contribution in [0, 0.1) is 5.82 Å². The monoisotopic (exact) mass is 299 g/mol. The van der Waals surface area contributed by atoms with Crippen molar-refractivity contribution in [3.63, 3.8) is 0 Å². The van der Waals surface area contributed by atoms with Gasteiger partial charge in [0, 0.05) is 17.9 Å². The highest BCUT2D eigenvalue weighted by molar-refractivity contribution is 9.09. The number of amides is 1. The van der Waals surface area contributed by atoms with Crippen molar-refractivity contribution in [1.29, 1.82) is 0 Å².